The molecule has 4 nitrogen and oxygen atoms in total. The first-order valence-corrected chi connectivity index (χ1v) is 5.64. The summed E-state index contributed by atoms with van der Waals surface area (Å²) < 4.78 is 1.65. The molecule has 5 heteroatoms. The number of thiazole rings is 1. The Morgan fingerprint density at radius 3 is 3.07 bits per heavy atom. The van der Waals surface area contributed by atoms with Crippen molar-refractivity contribution in [1.82, 2.24) is 9.38 Å². The molecule has 0 aromatic carbocycles. The minimum absolute atomic E-state index is 0.279. The molecule has 0 amide bonds. The summed E-state index contributed by atoms with van der Waals surface area (Å²) in [6.07, 6.45) is 4.20. The number of hydrogen-bond acceptors (Lipinski definition) is 3. The quantitative estimate of drug-likeness (QED) is 0.871. The highest BCUT2D eigenvalue weighted by molar-refractivity contribution is 7.17. The third kappa shape index (κ3) is 1.52. The molecule has 0 aliphatic carbocycles. The minimum Gasteiger partial charge on any atom is -0.477 e. The molecule has 2 aromatic rings. The summed E-state index contributed by atoms with van der Waals surface area (Å²) in [6, 6.07) is 0. The number of hydrogen-bond donors (Lipinski definition) is 1. The fourth-order valence-corrected chi connectivity index (χ4v) is 2.76. The van der Waals surface area contributed by atoms with Crippen LogP contribution in [-0.4, -0.2) is 20.5 Å². The Morgan fingerprint density at radius 1 is 1.73 bits per heavy atom. The predicted octanol–water partition coefficient (Wildman–Crippen LogP) is 2.61. The van der Waals surface area contributed by atoms with E-state index in [-0.39, 0.29) is 5.92 Å². The van der Waals surface area contributed by atoms with Crippen molar-refractivity contribution < 1.29 is 9.90 Å². The lowest BCUT2D eigenvalue weighted by molar-refractivity contribution is 0.0688. The van der Waals surface area contributed by atoms with Crippen molar-refractivity contribution >= 4 is 22.1 Å². The summed E-state index contributed by atoms with van der Waals surface area (Å²) in [5.41, 5.74) is 0.363. The first kappa shape index (κ1) is 10.2. The van der Waals surface area contributed by atoms with E-state index in [1.165, 1.54) is 11.3 Å². The van der Waals surface area contributed by atoms with Crippen LogP contribution in [0.3, 0.4) is 0 Å². The Labute approximate surface area is 91.2 Å². The molecule has 0 spiro atoms. The standard InChI is InChI=1S/C10H12N2O2S/c1-3-6(2)9-8(10(13)14)12-5-11-4-7(12)15-9/h4-6H,3H2,1-2H3,(H,13,14). The van der Waals surface area contributed by atoms with Gasteiger partial charge in [-0.25, -0.2) is 9.78 Å². The summed E-state index contributed by atoms with van der Waals surface area (Å²) in [6.45, 7) is 4.11. The van der Waals surface area contributed by atoms with Gasteiger partial charge < -0.3 is 5.11 Å². The van der Waals surface area contributed by atoms with Crippen LogP contribution in [0, 0.1) is 0 Å². The van der Waals surface area contributed by atoms with Crippen LogP contribution in [0.1, 0.15) is 41.6 Å². The smallest absolute Gasteiger partial charge is 0.354 e. The third-order valence-electron chi connectivity index (χ3n) is 2.56. The second-order valence-corrected chi connectivity index (χ2v) is 4.59. The zero-order valence-corrected chi connectivity index (χ0v) is 9.41. The number of nitrogens with zero attached hydrogens (tertiary/aromatic N) is 2. The molecule has 0 saturated carbocycles. The van der Waals surface area contributed by atoms with Gasteiger partial charge in [0.15, 0.2) is 0 Å². The fourth-order valence-electron chi connectivity index (χ4n) is 1.53. The van der Waals surface area contributed by atoms with Crippen LogP contribution in [0.2, 0.25) is 0 Å². The van der Waals surface area contributed by atoms with Crippen molar-refractivity contribution in [1.29, 1.82) is 0 Å². The van der Waals surface area contributed by atoms with Gasteiger partial charge in [0.25, 0.3) is 0 Å². The van der Waals surface area contributed by atoms with Crippen molar-refractivity contribution in [3.8, 4) is 0 Å². The second kappa shape index (κ2) is 3.66. The lowest BCUT2D eigenvalue weighted by Gasteiger charge is -2.06. The van der Waals surface area contributed by atoms with Gasteiger partial charge in [-0.15, -0.1) is 11.3 Å². The number of rotatable bonds is 3. The molecule has 1 atom stereocenters. The number of carboxylic acid groups (broad SMARTS) is 1. The van der Waals surface area contributed by atoms with Crippen LogP contribution < -0.4 is 0 Å². The van der Waals surface area contributed by atoms with Gasteiger partial charge in [-0.05, 0) is 12.3 Å². The van der Waals surface area contributed by atoms with E-state index in [1.54, 1.807) is 16.9 Å². The van der Waals surface area contributed by atoms with Gasteiger partial charge in [-0.1, -0.05) is 13.8 Å². The Balaban J connectivity index is 2.67. The largest absolute Gasteiger partial charge is 0.477 e. The van der Waals surface area contributed by atoms with Crippen LogP contribution in [0.4, 0.5) is 0 Å². The molecule has 0 saturated heterocycles. The van der Waals surface area contributed by atoms with Crippen molar-refractivity contribution in [3.63, 3.8) is 0 Å². The van der Waals surface area contributed by atoms with Crippen LogP contribution in [-0.2, 0) is 0 Å². The van der Waals surface area contributed by atoms with E-state index in [9.17, 15) is 9.90 Å². The minimum atomic E-state index is -0.880. The molecular formula is C10H12N2O2S. The Hall–Kier alpha value is -1.36. The van der Waals surface area contributed by atoms with E-state index in [0.29, 0.717) is 5.69 Å². The topological polar surface area (TPSA) is 54.6 Å². The fraction of sp³-hybridized carbons (Fsp3) is 0.400. The summed E-state index contributed by atoms with van der Waals surface area (Å²) in [5, 5.41) is 9.17. The van der Waals surface area contributed by atoms with Crippen LogP contribution >= 0.6 is 11.3 Å². The summed E-state index contributed by atoms with van der Waals surface area (Å²) in [5.74, 6) is -0.601. The molecule has 15 heavy (non-hydrogen) atoms. The van der Waals surface area contributed by atoms with Gasteiger partial charge in [-0.3, -0.25) is 4.40 Å². The molecule has 1 N–H and O–H groups in total. The van der Waals surface area contributed by atoms with Crippen molar-refractivity contribution in [2.45, 2.75) is 26.2 Å². The van der Waals surface area contributed by atoms with Crippen LogP contribution in [0.15, 0.2) is 12.5 Å². The average Bonchev–Trinajstić information content (AvgIpc) is 2.73. The maximum atomic E-state index is 11.2. The lowest BCUT2D eigenvalue weighted by Crippen LogP contribution is -2.05. The van der Waals surface area contributed by atoms with Crippen LogP contribution in [0.25, 0.3) is 4.83 Å². The van der Waals surface area contributed by atoms with E-state index in [4.69, 9.17) is 0 Å². The first-order chi connectivity index (χ1) is 7.15. The van der Waals surface area contributed by atoms with E-state index in [2.05, 4.69) is 11.9 Å². The first-order valence-electron chi connectivity index (χ1n) is 4.83. The van der Waals surface area contributed by atoms with Gasteiger partial charge in [0.2, 0.25) is 0 Å². The normalized spacial score (nSPS) is 13.2. The van der Waals surface area contributed by atoms with E-state index in [1.807, 2.05) is 6.92 Å². The molecule has 80 valence electrons. The number of imidazole rings is 1. The number of aromatic carboxylic acids is 1. The molecular weight excluding hydrogens is 212 g/mol. The second-order valence-electron chi connectivity index (χ2n) is 3.53. The zero-order valence-electron chi connectivity index (χ0n) is 8.60. The molecule has 0 aliphatic heterocycles. The van der Waals surface area contributed by atoms with Gasteiger partial charge in [0.1, 0.15) is 16.9 Å². The maximum absolute atomic E-state index is 11.2. The highest BCUT2D eigenvalue weighted by Crippen LogP contribution is 2.31. The van der Waals surface area contributed by atoms with Crippen LogP contribution in [0.5, 0.6) is 0 Å². The molecule has 0 bridgehead atoms. The monoisotopic (exact) mass is 224 g/mol. The Morgan fingerprint density at radius 2 is 2.47 bits per heavy atom. The lowest BCUT2D eigenvalue weighted by atomic mass is 10.1. The van der Waals surface area contributed by atoms with Crippen molar-refractivity contribution in [3.05, 3.63) is 23.1 Å². The highest BCUT2D eigenvalue weighted by Gasteiger charge is 2.21. The summed E-state index contributed by atoms with van der Waals surface area (Å²) in [4.78, 5) is 16.9. The van der Waals surface area contributed by atoms with Gasteiger partial charge >= 0.3 is 5.97 Å². The van der Waals surface area contributed by atoms with E-state index >= 15 is 0 Å². The number of aromatic nitrogens is 2. The predicted molar refractivity (Wildman–Crippen MR) is 58.7 cm³/mol. The molecule has 1 unspecified atom stereocenters. The number of carboxylic acids is 1. The third-order valence-corrected chi connectivity index (χ3v) is 3.88. The van der Waals surface area contributed by atoms with Gasteiger partial charge in [-0.2, -0.15) is 0 Å². The van der Waals surface area contributed by atoms with Gasteiger partial charge in [0, 0.05) is 4.88 Å². The molecule has 0 aliphatic rings. The average molecular weight is 224 g/mol. The Bertz CT molecular complexity index is 500. The highest BCUT2D eigenvalue weighted by atomic mass is 32.1. The maximum Gasteiger partial charge on any atom is 0.354 e. The van der Waals surface area contributed by atoms with Crippen molar-refractivity contribution in [2.75, 3.05) is 0 Å². The molecule has 2 aromatic heterocycles. The summed E-state index contributed by atoms with van der Waals surface area (Å²) in [7, 11) is 0. The van der Waals surface area contributed by atoms with Crippen molar-refractivity contribution in [2.24, 2.45) is 0 Å². The van der Waals surface area contributed by atoms with E-state index < -0.39 is 5.97 Å². The zero-order chi connectivity index (χ0) is 11.0. The summed E-state index contributed by atoms with van der Waals surface area (Å²) >= 11 is 1.51. The Kier molecular flexibility index (Phi) is 2.48. The molecule has 2 heterocycles. The molecule has 2 rings (SSSR count). The SMILES string of the molecule is CCC(C)c1sc2cncn2c1C(=O)O. The molecule has 0 fully saturated rings. The van der Waals surface area contributed by atoms with Gasteiger partial charge in [0.05, 0.1) is 6.20 Å². The molecule has 0 radical (unpaired) electrons. The van der Waals surface area contributed by atoms with E-state index in [0.717, 1.165) is 16.1 Å². The number of fused-ring (bicyclic) bond motifs is 1. The number of carbonyl (C=O) groups is 1.